The molecule has 1 rings (SSSR count). The second kappa shape index (κ2) is 11.5. The Bertz CT molecular complexity index is 496. The summed E-state index contributed by atoms with van der Waals surface area (Å²) < 4.78 is 10.7. The molecule has 0 saturated heterocycles. The summed E-state index contributed by atoms with van der Waals surface area (Å²) in [6.45, 7) is 10.8. The summed E-state index contributed by atoms with van der Waals surface area (Å²) in [6.07, 6.45) is 5.89. The van der Waals surface area contributed by atoms with Gasteiger partial charge in [-0.15, -0.1) is 0 Å². The van der Waals surface area contributed by atoms with E-state index in [1.54, 1.807) is 26.1 Å². The van der Waals surface area contributed by atoms with Crippen LogP contribution in [0, 0.1) is 11.3 Å². The van der Waals surface area contributed by atoms with Crippen LogP contribution in [0.4, 0.5) is 4.79 Å². The van der Waals surface area contributed by atoms with Crippen molar-refractivity contribution in [3.63, 3.8) is 0 Å². The number of methoxy groups -OCH3 is 1. The van der Waals surface area contributed by atoms with Crippen molar-refractivity contribution in [3.8, 4) is 0 Å². The fourth-order valence-corrected chi connectivity index (χ4v) is 3.67. The van der Waals surface area contributed by atoms with Crippen molar-refractivity contribution >= 4 is 12.1 Å². The van der Waals surface area contributed by atoms with Gasteiger partial charge in [0.05, 0.1) is 0 Å². The van der Waals surface area contributed by atoms with E-state index in [2.05, 4.69) is 22.5 Å². The maximum Gasteiger partial charge on any atom is 0.410 e. The molecule has 1 aliphatic carbocycles. The standard InChI is InChI=1S/C21H42N4O3/c1-17(15-25(6)19(26)28-20(2,3)4)14-23-18(22-5)24-16-21(12-13-27-7)10-8-9-11-21/h17H,8-16H2,1-7H3,(H2,22,23,24). The lowest BCUT2D eigenvalue weighted by Crippen LogP contribution is -2.45. The van der Waals surface area contributed by atoms with E-state index in [0.717, 1.165) is 32.1 Å². The Morgan fingerprint density at radius 1 is 1.25 bits per heavy atom. The number of ether oxygens (including phenoxy) is 2. The lowest BCUT2D eigenvalue weighted by molar-refractivity contribution is 0.0278. The fourth-order valence-electron chi connectivity index (χ4n) is 3.67. The number of aliphatic imine (C=N–C) groups is 1. The van der Waals surface area contributed by atoms with Crippen LogP contribution in [0.15, 0.2) is 4.99 Å². The second-order valence-corrected chi connectivity index (χ2v) is 9.22. The van der Waals surface area contributed by atoms with Gasteiger partial charge in [-0.3, -0.25) is 4.99 Å². The van der Waals surface area contributed by atoms with E-state index < -0.39 is 5.60 Å². The van der Waals surface area contributed by atoms with Crippen molar-refractivity contribution in [2.24, 2.45) is 16.3 Å². The van der Waals surface area contributed by atoms with E-state index in [-0.39, 0.29) is 12.0 Å². The summed E-state index contributed by atoms with van der Waals surface area (Å²) in [4.78, 5) is 18.1. The molecule has 0 aromatic rings. The molecule has 1 fully saturated rings. The monoisotopic (exact) mass is 398 g/mol. The molecule has 7 heteroatoms. The fraction of sp³-hybridized carbons (Fsp3) is 0.905. The summed E-state index contributed by atoms with van der Waals surface area (Å²) in [7, 11) is 5.34. The molecule has 1 unspecified atom stereocenters. The number of rotatable bonds is 9. The van der Waals surface area contributed by atoms with Gasteiger partial charge in [0.25, 0.3) is 0 Å². The highest BCUT2D eigenvalue weighted by Gasteiger charge is 2.33. The van der Waals surface area contributed by atoms with Crippen molar-refractivity contribution < 1.29 is 14.3 Å². The minimum Gasteiger partial charge on any atom is -0.444 e. The van der Waals surface area contributed by atoms with Gasteiger partial charge in [0.1, 0.15) is 5.60 Å². The van der Waals surface area contributed by atoms with Gasteiger partial charge in [-0.2, -0.15) is 0 Å². The molecule has 2 N–H and O–H groups in total. The zero-order valence-corrected chi connectivity index (χ0v) is 19.1. The summed E-state index contributed by atoms with van der Waals surface area (Å²) in [5.74, 6) is 1.08. The van der Waals surface area contributed by atoms with Crippen LogP contribution >= 0.6 is 0 Å². The van der Waals surface area contributed by atoms with Crippen molar-refractivity contribution in [2.45, 2.75) is 65.4 Å². The zero-order valence-electron chi connectivity index (χ0n) is 19.1. The number of nitrogens with zero attached hydrogens (tertiary/aromatic N) is 2. The van der Waals surface area contributed by atoms with Crippen molar-refractivity contribution in [2.75, 3.05) is 47.4 Å². The highest BCUT2D eigenvalue weighted by Crippen LogP contribution is 2.40. The van der Waals surface area contributed by atoms with Crippen LogP contribution < -0.4 is 10.6 Å². The molecule has 1 aliphatic rings. The molecule has 0 aromatic heterocycles. The quantitative estimate of drug-likeness (QED) is 0.461. The Morgan fingerprint density at radius 3 is 2.43 bits per heavy atom. The first-order chi connectivity index (χ1) is 13.1. The van der Waals surface area contributed by atoms with E-state index in [9.17, 15) is 4.79 Å². The molecule has 1 saturated carbocycles. The molecule has 0 radical (unpaired) electrons. The van der Waals surface area contributed by atoms with E-state index in [1.807, 2.05) is 20.8 Å². The van der Waals surface area contributed by atoms with Gasteiger partial charge < -0.3 is 25.0 Å². The molecule has 7 nitrogen and oxygen atoms in total. The summed E-state index contributed by atoms with van der Waals surface area (Å²) >= 11 is 0. The Balaban J connectivity index is 2.41. The van der Waals surface area contributed by atoms with E-state index >= 15 is 0 Å². The highest BCUT2D eigenvalue weighted by atomic mass is 16.6. The van der Waals surface area contributed by atoms with Gasteiger partial charge in [-0.1, -0.05) is 19.8 Å². The largest absolute Gasteiger partial charge is 0.444 e. The van der Waals surface area contributed by atoms with E-state index in [4.69, 9.17) is 9.47 Å². The molecule has 0 bridgehead atoms. The molecule has 0 aliphatic heterocycles. The van der Waals surface area contributed by atoms with Crippen LogP contribution in [0.1, 0.15) is 59.8 Å². The van der Waals surface area contributed by atoms with Gasteiger partial charge in [0.2, 0.25) is 0 Å². The van der Waals surface area contributed by atoms with Gasteiger partial charge in [0.15, 0.2) is 5.96 Å². The van der Waals surface area contributed by atoms with Gasteiger partial charge in [-0.25, -0.2) is 4.79 Å². The molecule has 1 amide bonds. The summed E-state index contributed by atoms with van der Waals surface area (Å²) in [6, 6.07) is 0. The first-order valence-corrected chi connectivity index (χ1v) is 10.5. The molecule has 164 valence electrons. The van der Waals surface area contributed by atoms with Gasteiger partial charge in [-0.05, 0) is 51.4 Å². The molecule has 0 spiro atoms. The average molecular weight is 399 g/mol. The Labute approximate surface area is 171 Å². The maximum atomic E-state index is 12.1. The predicted molar refractivity (Wildman–Crippen MR) is 115 cm³/mol. The Morgan fingerprint density at radius 2 is 1.89 bits per heavy atom. The molecule has 0 heterocycles. The molecular weight excluding hydrogens is 356 g/mol. The minimum atomic E-state index is -0.474. The SMILES string of the molecule is CN=C(NCC(C)CN(C)C(=O)OC(C)(C)C)NCC1(CCOC)CCCC1. The van der Waals surface area contributed by atoms with Crippen molar-refractivity contribution in [1.82, 2.24) is 15.5 Å². The van der Waals surface area contributed by atoms with Crippen molar-refractivity contribution in [1.29, 1.82) is 0 Å². The minimum absolute atomic E-state index is 0.269. The number of amides is 1. The third kappa shape index (κ3) is 9.13. The molecular formula is C21H42N4O3. The number of nitrogens with one attached hydrogen (secondary N) is 2. The third-order valence-corrected chi connectivity index (χ3v) is 5.26. The van der Waals surface area contributed by atoms with Gasteiger partial charge in [0, 0.05) is 47.4 Å². The first-order valence-electron chi connectivity index (χ1n) is 10.5. The zero-order chi connectivity index (χ0) is 21.2. The van der Waals surface area contributed by atoms with Crippen molar-refractivity contribution in [3.05, 3.63) is 0 Å². The van der Waals surface area contributed by atoms with E-state index in [1.165, 1.54) is 25.7 Å². The maximum absolute atomic E-state index is 12.1. The third-order valence-electron chi connectivity index (χ3n) is 5.26. The summed E-state index contributed by atoms with van der Waals surface area (Å²) in [5.41, 5.74) is -0.159. The number of hydrogen-bond donors (Lipinski definition) is 2. The van der Waals surface area contributed by atoms with Crippen LogP contribution in [0.25, 0.3) is 0 Å². The van der Waals surface area contributed by atoms with E-state index in [0.29, 0.717) is 12.0 Å². The number of carbonyl (C=O) groups excluding carboxylic acids is 1. The predicted octanol–water partition coefficient (Wildman–Crippen LogP) is 3.25. The topological polar surface area (TPSA) is 75.2 Å². The van der Waals surface area contributed by atoms with Crippen LogP contribution in [-0.4, -0.2) is 70.0 Å². The van der Waals surface area contributed by atoms with Crippen LogP contribution in [0.5, 0.6) is 0 Å². The smallest absolute Gasteiger partial charge is 0.410 e. The second-order valence-electron chi connectivity index (χ2n) is 9.22. The average Bonchev–Trinajstić information content (AvgIpc) is 3.07. The highest BCUT2D eigenvalue weighted by molar-refractivity contribution is 5.79. The van der Waals surface area contributed by atoms with Crippen LogP contribution in [0.2, 0.25) is 0 Å². The number of hydrogen-bond acceptors (Lipinski definition) is 4. The molecule has 1 atom stereocenters. The Hall–Kier alpha value is -1.50. The normalized spacial score (nSPS) is 17.9. The number of carbonyl (C=O) groups is 1. The first kappa shape index (κ1) is 24.5. The Kier molecular flexibility index (Phi) is 10.1. The molecule has 0 aromatic carbocycles. The lowest BCUT2D eigenvalue weighted by Gasteiger charge is -2.30. The lowest BCUT2D eigenvalue weighted by atomic mass is 9.83. The van der Waals surface area contributed by atoms with Crippen LogP contribution in [-0.2, 0) is 9.47 Å². The number of guanidine groups is 1. The molecule has 28 heavy (non-hydrogen) atoms. The van der Waals surface area contributed by atoms with Crippen LogP contribution in [0.3, 0.4) is 0 Å². The van der Waals surface area contributed by atoms with Gasteiger partial charge >= 0.3 is 6.09 Å². The summed E-state index contributed by atoms with van der Waals surface area (Å²) in [5, 5.41) is 6.89.